The van der Waals surface area contributed by atoms with Gasteiger partial charge in [-0.1, -0.05) is 0 Å². The predicted molar refractivity (Wildman–Crippen MR) is 49.7 cm³/mol. The Morgan fingerprint density at radius 2 is 2.29 bits per heavy atom. The molecule has 0 N–H and O–H groups in total. The number of rotatable bonds is 2. The smallest absolute Gasteiger partial charge is 0.178 e. The summed E-state index contributed by atoms with van der Waals surface area (Å²) in [6.07, 6.45) is 2.92. The third-order valence-corrected chi connectivity index (χ3v) is 1.80. The van der Waals surface area contributed by atoms with Gasteiger partial charge in [0, 0.05) is 6.92 Å². The van der Waals surface area contributed by atoms with E-state index in [1.807, 2.05) is 0 Å². The fourth-order valence-corrected chi connectivity index (χ4v) is 1.11. The van der Waals surface area contributed by atoms with Gasteiger partial charge in [-0.2, -0.15) is 0 Å². The molecular formula is C10H8N2O2. The lowest BCUT2D eigenvalue weighted by molar-refractivity contribution is 0.101. The number of hydrogen-bond donors (Lipinski definition) is 0. The van der Waals surface area contributed by atoms with Crippen LogP contribution in [-0.4, -0.2) is 15.8 Å². The molecule has 4 nitrogen and oxygen atoms in total. The molecule has 70 valence electrons. The number of Topliss-reactive ketones (excluding diaryl/α,β-unsaturated/α-hetero) is 1. The molecule has 0 amide bonds. The molecule has 2 heterocycles. The first-order valence-corrected chi connectivity index (χ1v) is 4.14. The van der Waals surface area contributed by atoms with Gasteiger partial charge in [0.2, 0.25) is 0 Å². The van der Waals surface area contributed by atoms with Crippen LogP contribution in [0.1, 0.15) is 17.4 Å². The van der Waals surface area contributed by atoms with Gasteiger partial charge in [-0.25, -0.2) is 9.97 Å². The summed E-state index contributed by atoms with van der Waals surface area (Å²) in [6.45, 7) is 1.47. The molecule has 0 saturated heterocycles. The van der Waals surface area contributed by atoms with Crippen molar-refractivity contribution in [1.82, 2.24) is 9.97 Å². The standard InChI is InChI=1S/C10H8N2O2/c1-7(13)8-5-9(12-6-11-8)10-3-2-4-14-10/h2-6H,1H3. The van der Waals surface area contributed by atoms with E-state index in [4.69, 9.17) is 4.42 Å². The van der Waals surface area contributed by atoms with Crippen molar-refractivity contribution in [3.63, 3.8) is 0 Å². The Balaban J connectivity index is 2.46. The molecule has 0 aliphatic rings. The highest BCUT2D eigenvalue weighted by Crippen LogP contribution is 2.16. The normalized spacial score (nSPS) is 10.1. The molecule has 0 atom stereocenters. The fourth-order valence-electron chi connectivity index (χ4n) is 1.11. The molecule has 2 aromatic rings. The summed E-state index contributed by atoms with van der Waals surface area (Å²) in [5.74, 6) is 0.551. The van der Waals surface area contributed by atoms with Crippen molar-refractivity contribution in [2.45, 2.75) is 6.92 Å². The molecular weight excluding hydrogens is 180 g/mol. The molecule has 0 radical (unpaired) electrons. The molecule has 0 unspecified atom stereocenters. The minimum absolute atomic E-state index is 0.0831. The van der Waals surface area contributed by atoms with Crippen molar-refractivity contribution in [2.75, 3.05) is 0 Å². The second kappa shape index (κ2) is 3.41. The largest absolute Gasteiger partial charge is 0.463 e. The van der Waals surface area contributed by atoms with Crippen molar-refractivity contribution in [3.8, 4) is 11.5 Å². The van der Waals surface area contributed by atoms with Crippen molar-refractivity contribution >= 4 is 5.78 Å². The van der Waals surface area contributed by atoms with Gasteiger partial charge >= 0.3 is 0 Å². The van der Waals surface area contributed by atoms with Gasteiger partial charge in [0.1, 0.15) is 17.7 Å². The molecule has 0 spiro atoms. The number of ketones is 1. The lowest BCUT2D eigenvalue weighted by Crippen LogP contribution is -1.97. The van der Waals surface area contributed by atoms with E-state index >= 15 is 0 Å². The van der Waals surface area contributed by atoms with Crippen LogP contribution < -0.4 is 0 Å². The first-order valence-electron chi connectivity index (χ1n) is 4.14. The molecule has 2 aromatic heterocycles. The number of nitrogens with zero attached hydrogens (tertiary/aromatic N) is 2. The summed E-state index contributed by atoms with van der Waals surface area (Å²) >= 11 is 0. The summed E-state index contributed by atoms with van der Waals surface area (Å²) < 4.78 is 5.15. The molecule has 0 aliphatic carbocycles. The Kier molecular flexibility index (Phi) is 2.10. The van der Waals surface area contributed by atoms with Crippen LogP contribution in [-0.2, 0) is 0 Å². The van der Waals surface area contributed by atoms with Crippen LogP contribution >= 0.6 is 0 Å². The van der Waals surface area contributed by atoms with Crippen LogP contribution in [0.2, 0.25) is 0 Å². The zero-order valence-electron chi connectivity index (χ0n) is 7.60. The maximum Gasteiger partial charge on any atom is 0.178 e. The van der Waals surface area contributed by atoms with Crippen LogP contribution in [0.3, 0.4) is 0 Å². The van der Waals surface area contributed by atoms with E-state index < -0.39 is 0 Å². The highest BCUT2D eigenvalue weighted by atomic mass is 16.3. The third kappa shape index (κ3) is 1.54. The molecule has 14 heavy (non-hydrogen) atoms. The molecule has 4 heteroatoms. The molecule has 0 aliphatic heterocycles. The second-order valence-corrected chi connectivity index (χ2v) is 2.82. The topological polar surface area (TPSA) is 56.0 Å². The van der Waals surface area contributed by atoms with E-state index in [0.29, 0.717) is 17.1 Å². The summed E-state index contributed by atoms with van der Waals surface area (Å²) in [6, 6.07) is 5.16. The van der Waals surface area contributed by atoms with E-state index in [9.17, 15) is 4.79 Å². The summed E-state index contributed by atoms with van der Waals surface area (Å²) in [5.41, 5.74) is 1.02. The lowest BCUT2D eigenvalue weighted by atomic mass is 10.2. The van der Waals surface area contributed by atoms with Gasteiger partial charge in [-0.15, -0.1) is 0 Å². The number of carbonyl (C=O) groups excluding carboxylic acids is 1. The fraction of sp³-hybridized carbons (Fsp3) is 0.100. The number of aromatic nitrogens is 2. The summed E-state index contributed by atoms with van der Waals surface area (Å²) in [5, 5.41) is 0. The van der Waals surface area contributed by atoms with Crippen molar-refractivity contribution in [1.29, 1.82) is 0 Å². The second-order valence-electron chi connectivity index (χ2n) is 2.82. The minimum atomic E-state index is -0.0831. The zero-order chi connectivity index (χ0) is 9.97. The van der Waals surface area contributed by atoms with Crippen molar-refractivity contribution in [2.24, 2.45) is 0 Å². The SMILES string of the molecule is CC(=O)c1cc(-c2ccco2)ncn1. The highest BCUT2D eigenvalue weighted by Gasteiger charge is 2.06. The van der Waals surface area contributed by atoms with Crippen LogP contribution in [0.5, 0.6) is 0 Å². The Morgan fingerprint density at radius 3 is 2.93 bits per heavy atom. The Morgan fingerprint density at radius 1 is 1.43 bits per heavy atom. The van der Waals surface area contributed by atoms with E-state index in [1.54, 1.807) is 24.5 Å². The predicted octanol–water partition coefficient (Wildman–Crippen LogP) is 1.94. The molecule has 2 rings (SSSR count). The van der Waals surface area contributed by atoms with Crippen LogP contribution in [0, 0.1) is 0 Å². The van der Waals surface area contributed by atoms with Crippen molar-refractivity contribution < 1.29 is 9.21 Å². The maximum absolute atomic E-state index is 11.0. The quantitative estimate of drug-likeness (QED) is 0.676. The number of carbonyl (C=O) groups is 1. The van der Waals surface area contributed by atoms with Gasteiger partial charge in [-0.3, -0.25) is 4.79 Å². The average molecular weight is 188 g/mol. The lowest BCUT2D eigenvalue weighted by Gasteiger charge is -1.97. The molecule has 0 fully saturated rings. The Hall–Kier alpha value is -1.97. The maximum atomic E-state index is 11.0. The van der Waals surface area contributed by atoms with E-state index in [0.717, 1.165) is 0 Å². The van der Waals surface area contributed by atoms with Crippen LogP contribution in [0.25, 0.3) is 11.5 Å². The number of furan rings is 1. The third-order valence-electron chi connectivity index (χ3n) is 1.80. The summed E-state index contributed by atoms with van der Waals surface area (Å²) in [4.78, 5) is 18.9. The average Bonchev–Trinajstić information content (AvgIpc) is 2.71. The monoisotopic (exact) mass is 188 g/mol. The van der Waals surface area contributed by atoms with Gasteiger partial charge in [-0.05, 0) is 18.2 Å². The Labute approximate surface area is 80.6 Å². The van der Waals surface area contributed by atoms with Gasteiger partial charge in [0.15, 0.2) is 11.5 Å². The molecule has 0 aromatic carbocycles. The van der Waals surface area contributed by atoms with Crippen molar-refractivity contribution in [3.05, 3.63) is 36.5 Å². The van der Waals surface area contributed by atoms with Gasteiger partial charge in [0.05, 0.1) is 6.26 Å². The van der Waals surface area contributed by atoms with Crippen LogP contribution in [0.15, 0.2) is 35.2 Å². The zero-order valence-corrected chi connectivity index (χ0v) is 7.60. The number of hydrogen-bond acceptors (Lipinski definition) is 4. The van der Waals surface area contributed by atoms with Gasteiger partial charge in [0.25, 0.3) is 0 Å². The molecule has 0 bridgehead atoms. The van der Waals surface area contributed by atoms with E-state index in [2.05, 4.69) is 9.97 Å². The minimum Gasteiger partial charge on any atom is -0.463 e. The van der Waals surface area contributed by atoms with Crippen LogP contribution in [0.4, 0.5) is 0 Å². The highest BCUT2D eigenvalue weighted by molar-refractivity contribution is 5.92. The van der Waals surface area contributed by atoms with E-state index in [1.165, 1.54) is 13.3 Å². The van der Waals surface area contributed by atoms with E-state index in [-0.39, 0.29) is 5.78 Å². The molecule has 0 saturated carbocycles. The first kappa shape index (κ1) is 8.62. The Bertz CT molecular complexity index is 449. The summed E-state index contributed by atoms with van der Waals surface area (Å²) in [7, 11) is 0. The van der Waals surface area contributed by atoms with Gasteiger partial charge < -0.3 is 4.42 Å². The first-order chi connectivity index (χ1) is 6.77.